The molecule has 1 aromatic heterocycles. The van der Waals surface area contributed by atoms with Gasteiger partial charge in [-0.3, -0.25) is 14.7 Å². The highest BCUT2D eigenvalue weighted by Gasteiger charge is 2.27. The predicted octanol–water partition coefficient (Wildman–Crippen LogP) is 2.60. The third kappa shape index (κ3) is 5.69. The van der Waals surface area contributed by atoms with Crippen LogP contribution in [0.15, 0.2) is 54.9 Å². The molecule has 1 atom stereocenters. The van der Waals surface area contributed by atoms with Crippen LogP contribution < -0.4 is 9.64 Å². The first kappa shape index (κ1) is 19.2. The van der Waals surface area contributed by atoms with Crippen molar-refractivity contribution in [3.8, 4) is 5.75 Å². The van der Waals surface area contributed by atoms with E-state index in [0.29, 0.717) is 19.6 Å². The van der Waals surface area contributed by atoms with Crippen molar-refractivity contribution in [2.75, 3.05) is 44.3 Å². The summed E-state index contributed by atoms with van der Waals surface area (Å²) in [6.07, 6.45) is 3.98. The quantitative estimate of drug-likeness (QED) is 0.667. The van der Waals surface area contributed by atoms with Crippen molar-refractivity contribution < 1.29 is 14.3 Å². The van der Waals surface area contributed by atoms with E-state index in [9.17, 15) is 4.79 Å². The van der Waals surface area contributed by atoms with Crippen LogP contribution in [0, 0.1) is 0 Å². The molecule has 1 saturated heterocycles. The molecule has 1 aliphatic heterocycles. The average Bonchev–Trinajstić information content (AvgIpc) is 2.73. The molecular formula is C21H27N3O3. The van der Waals surface area contributed by atoms with E-state index in [1.807, 2.05) is 61.8 Å². The van der Waals surface area contributed by atoms with Crippen molar-refractivity contribution in [3.05, 3.63) is 54.9 Å². The Kier molecular flexibility index (Phi) is 7.04. The molecule has 0 amide bonds. The minimum Gasteiger partial charge on any atom is -0.492 e. The molecule has 0 N–H and O–H groups in total. The van der Waals surface area contributed by atoms with Crippen molar-refractivity contribution in [3.63, 3.8) is 0 Å². The van der Waals surface area contributed by atoms with Crippen LogP contribution in [0.1, 0.15) is 13.3 Å². The second kappa shape index (κ2) is 9.92. The molecule has 1 unspecified atom stereocenters. The predicted molar refractivity (Wildman–Crippen MR) is 105 cm³/mol. The van der Waals surface area contributed by atoms with Gasteiger partial charge < -0.3 is 14.4 Å². The Morgan fingerprint density at radius 2 is 1.78 bits per heavy atom. The summed E-state index contributed by atoms with van der Waals surface area (Å²) in [4.78, 5) is 20.8. The van der Waals surface area contributed by atoms with Crippen molar-refractivity contribution >= 4 is 11.7 Å². The molecule has 0 bridgehead atoms. The Bertz CT molecular complexity index is 688. The molecule has 1 aromatic carbocycles. The third-order valence-corrected chi connectivity index (χ3v) is 4.75. The van der Waals surface area contributed by atoms with E-state index in [1.165, 1.54) is 5.69 Å². The fourth-order valence-corrected chi connectivity index (χ4v) is 3.32. The van der Waals surface area contributed by atoms with Gasteiger partial charge in [0.1, 0.15) is 12.4 Å². The van der Waals surface area contributed by atoms with Crippen molar-refractivity contribution in [2.45, 2.75) is 19.4 Å². The van der Waals surface area contributed by atoms with Crippen LogP contribution in [-0.4, -0.2) is 61.3 Å². The molecule has 144 valence electrons. The number of hydrogen-bond donors (Lipinski definition) is 0. The number of ether oxygens (including phenoxy) is 2. The van der Waals surface area contributed by atoms with Gasteiger partial charge in [-0.25, -0.2) is 0 Å². The molecule has 0 spiro atoms. The molecule has 0 aliphatic carbocycles. The number of nitrogens with zero attached hydrogens (tertiary/aromatic N) is 3. The lowest BCUT2D eigenvalue weighted by Crippen LogP contribution is -2.52. The highest BCUT2D eigenvalue weighted by atomic mass is 16.5. The molecule has 2 heterocycles. The van der Waals surface area contributed by atoms with Gasteiger partial charge in [0.05, 0.1) is 19.1 Å². The van der Waals surface area contributed by atoms with Gasteiger partial charge in [-0.1, -0.05) is 18.2 Å². The molecule has 0 saturated carbocycles. The van der Waals surface area contributed by atoms with E-state index in [2.05, 4.69) is 14.8 Å². The van der Waals surface area contributed by atoms with E-state index in [-0.39, 0.29) is 12.0 Å². The van der Waals surface area contributed by atoms with Crippen LogP contribution in [0.2, 0.25) is 0 Å². The van der Waals surface area contributed by atoms with Crippen LogP contribution >= 0.6 is 0 Å². The Labute approximate surface area is 160 Å². The summed E-state index contributed by atoms with van der Waals surface area (Å²) in [5.74, 6) is 0.650. The second-order valence-electron chi connectivity index (χ2n) is 6.52. The average molecular weight is 369 g/mol. The van der Waals surface area contributed by atoms with Gasteiger partial charge in [-0.15, -0.1) is 0 Å². The first-order chi connectivity index (χ1) is 13.3. The molecule has 0 radical (unpaired) electrons. The molecule has 6 heteroatoms. The molecule has 6 nitrogen and oxygen atoms in total. The van der Waals surface area contributed by atoms with Gasteiger partial charge in [-0.2, -0.15) is 0 Å². The van der Waals surface area contributed by atoms with Crippen molar-refractivity contribution in [1.29, 1.82) is 0 Å². The second-order valence-corrected chi connectivity index (χ2v) is 6.52. The maximum Gasteiger partial charge on any atom is 0.307 e. The third-order valence-electron chi connectivity index (χ3n) is 4.75. The van der Waals surface area contributed by atoms with Crippen LogP contribution in [-0.2, 0) is 9.53 Å². The molecular weight excluding hydrogens is 342 g/mol. The number of aromatic nitrogens is 1. The summed E-state index contributed by atoms with van der Waals surface area (Å²) < 4.78 is 11.1. The molecule has 3 rings (SSSR count). The maximum absolute atomic E-state index is 12.1. The van der Waals surface area contributed by atoms with E-state index in [0.717, 1.165) is 31.9 Å². The number of carbonyl (C=O) groups is 1. The topological polar surface area (TPSA) is 54.9 Å². The lowest BCUT2D eigenvalue weighted by Gasteiger charge is -2.39. The summed E-state index contributed by atoms with van der Waals surface area (Å²) >= 11 is 0. The summed E-state index contributed by atoms with van der Waals surface area (Å²) in [6.45, 7) is 6.29. The summed E-state index contributed by atoms with van der Waals surface area (Å²) in [5, 5.41) is 0. The first-order valence-corrected chi connectivity index (χ1v) is 9.48. The maximum atomic E-state index is 12.1. The number of para-hydroxylation sites is 1. The Morgan fingerprint density at radius 3 is 2.44 bits per heavy atom. The van der Waals surface area contributed by atoms with E-state index in [1.54, 1.807) is 0 Å². The Morgan fingerprint density at radius 1 is 1.07 bits per heavy atom. The molecule has 2 aromatic rings. The van der Waals surface area contributed by atoms with E-state index < -0.39 is 0 Å². The lowest BCUT2D eigenvalue weighted by molar-refractivity contribution is -0.145. The van der Waals surface area contributed by atoms with Gasteiger partial charge in [0.25, 0.3) is 0 Å². The number of pyridine rings is 1. The highest BCUT2D eigenvalue weighted by molar-refractivity contribution is 5.70. The van der Waals surface area contributed by atoms with E-state index >= 15 is 0 Å². The summed E-state index contributed by atoms with van der Waals surface area (Å²) in [7, 11) is 0. The summed E-state index contributed by atoms with van der Waals surface area (Å²) in [6, 6.07) is 13.8. The minimum atomic E-state index is -0.171. The minimum absolute atomic E-state index is 0.00356. The number of carbonyl (C=O) groups excluding carboxylic acids is 1. The van der Waals surface area contributed by atoms with Gasteiger partial charge >= 0.3 is 5.97 Å². The number of esters is 1. The van der Waals surface area contributed by atoms with Gasteiger partial charge in [0, 0.05) is 44.3 Å². The SMILES string of the molecule is CCOC(=O)CC(COc1ccccc1)N1CCN(c2ccncc2)CC1. The normalized spacial score (nSPS) is 16.0. The number of piperazine rings is 1. The van der Waals surface area contributed by atoms with Crippen LogP contribution in [0.25, 0.3) is 0 Å². The van der Waals surface area contributed by atoms with Gasteiger partial charge in [0.15, 0.2) is 0 Å². The van der Waals surface area contributed by atoms with Gasteiger partial charge in [0.2, 0.25) is 0 Å². The lowest BCUT2D eigenvalue weighted by atomic mass is 10.1. The van der Waals surface area contributed by atoms with Crippen molar-refractivity contribution in [1.82, 2.24) is 9.88 Å². The standard InChI is InChI=1S/C21H27N3O3/c1-2-26-21(25)16-19(17-27-20-6-4-3-5-7-20)24-14-12-23(13-15-24)18-8-10-22-11-9-18/h3-11,19H,2,12-17H2,1H3. The fraction of sp³-hybridized carbons (Fsp3) is 0.429. The largest absolute Gasteiger partial charge is 0.492 e. The first-order valence-electron chi connectivity index (χ1n) is 9.48. The van der Waals surface area contributed by atoms with Crippen molar-refractivity contribution in [2.24, 2.45) is 0 Å². The Balaban J connectivity index is 1.59. The molecule has 1 aliphatic rings. The van der Waals surface area contributed by atoms with Crippen LogP contribution in [0.4, 0.5) is 5.69 Å². The highest BCUT2D eigenvalue weighted by Crippen LogP contribution is 2.18. The monoisotopic (exact) mass is 369 g/mol. The number of anilines is 1. The smallest absolute Gasteiger partial charge is 0.307 e. The zero-order valence-corrected chi connectivity index (χ0v) is 15.8. The molecule has 27 heavy (non-hydrogen) atoms. The summed E-state index contributed by atoms with van der Waals surface area (Å²) in [5.41, 5.74) is 1.19. The van der Waals surface area contributed by atoms with Crippen LogP contribution in [0.5, 0.6) is 5.75 Å². The van der Waals surface area contributed by atoms with Gasteiger partial charge in [-0.05, 0) is 31.2 Å². The number of hydrogen-bond acceptors (Lipinski definition) is 6. The zero-order valence-electron chi connectivity index (χ0n) is 15.8. The number of rotatable bonds is 8. The van der Waals surface area contributed by atoms with E-state index in [4.69, 9.17) is 9.47 Å². The fourth-order valence-electron chi connectivity index (χ4n) is 3.32. The van der Waals surface area contributed by atoms with Crippen LogP contribution in [0.3, 0.4) is 0 Å². The molecule has 1 fully saturated rings. The zero-order chi connectivity index (χ0) is 18.9. The Hall–Kier alpha value is -2.60. The number of benzene rings is 1.